The number of hydrogen-bond donors (Lipinski definition) is 2. The zero-order valence-corrected chi connectivity index (χ0v) is 16.6. The molecule has 0 radical (unpaired) electrons. The van der Waals surface area contributed by atoms with Crippen molar-refractivity contribution in [1.29, 1.82) is 5.26 Å². The zero-order chi connectivity index (χ0) is 20.3. The highest BCUT2D eigenvalue weighted by Crippen LogP contribution is 2.28. The van der Waals surface area contributed by atoms with Crippen LogP contribution in [0.4, 0.5) is 17.2 Å². The normalized spacial score (nSPS) is 14.6. The molecule has 1 aromatic heterocycles. The summed E-state index contributed by atoms with van der Waals surface area (Å²) < 4.78 is 0. The molecule has 0 unspecified atom stereocenters. The first kappa shape index (κ1) is 19.9. The van der Waals surface area contributed by atoms with Gasteiger partial charge in [-0.15, -0.1) is 0 Å². The number of aromatic nitrogens is 2. The van der Waals surface area contributed by atoms with Crippen molar-refractivity contribution in [3.8, 4) is 6.07 Å². The van der Waals surface area contributed by atoms with Gasteiger partial charge in [-0.25, -0.2) is 9.97 Å². The van der Waals surface area contributed by atoms with Gasteiger partial charge in [0.25, 0.3) is 5.91 Å². The first-order valence-electron chi connectivity index (χ1n) is 9.03. The van der Waals surface area contributed by atoms with Crippen molar-refractivity contribution in [2.45, 2.75) is 13.3 Å². The van der Waals surface area contributed by atoms with Crippen molar-refractivity contribution in [3.63, 3.8) is 0 Å². The van der Waals surface area contributed by atoms with Crippen molar-refractivity contribution in [2.75, 3.05) is 43.4 Å². The highest BCUT2D eigenvalue weighted by molar-refractivity contribution is 6.30. The number of nitriles is 1. The molecule has 0 aliphatic carbocycles. The molecular weight excluding hydrogens is 378 g/mol. The number of hydrogen-bond acceptors (Lipinski definition) is 7. The summed E-state index contributed by atoms with van der Waals surface area (Å²) in [4.78, 5) is 24.7. The lowest BCUT2D eigenvalue weighted by Crippen LogP contribution is -2.44. The number of nitrogens with zero attached hydrogens (tertiary/aromatic N) is 5. The summed E-state index contributed by atoms with van der Waals surface area (Å²) in [6.45, 7) is 5.49. The Morgan fingerprint density at radius 2 is 2.04 bits per heavy atom. The summed E-state index contributed by atoms with van der Waals surface area (Å²) in [6.07, 6.45) is 0.532. The number of nitrogens with one attached hydrogen (secondary N) is 1. The van der Waals surface area contributed by atoms with E-state index in [0.717, 1.165) is 31.9 Å². The van der Waals surface area contributed by atoms with Crippen LogP contribution in [0.1, 0.15) is 28.7 Å². The fourth-order valence-electron chi connectivity index (χ4n) is 3.10. The molecule has 8 nitrogen and oxygen atoms in total. The van der Waals surface area contributed by atoms with Crippen molar-refractivity contribution in [3.05, 3.63) is 40.3 Å². The number of primary amides is 1. The van der Waals surface area contributed by atoms with Crippen LogP contribution < -0.4 is 16.0 Å². The van der Waals surface area contributed by atoms with Crippen molar-refractivity contribution in [2.24, 2.45) is 5.73 Å². The van der Waals surface area contributed by atoms with Crippen LogP contribution in [-0.4, -0.2) is 54.0 Å². The Hall–Kier alpha value is -2.89. The molecule has 1 aromatic carbocycles. The Morgan fingerprint density at radius 3 is 2.64 bits per heavy atom. The number of halogens is 1. The average Bonchev–Trinajstić information content (AvgIpc) is 2.68. The van der Waals surface area contributed by atoms with E-state index in [9.17, 15) is 10.1 Å². The van der Waals surface area contributed by atoms with Crippen LogP contribution in [-0.2, 0) is 6.42 Å². The van der Waals surface area contributed by atoms with Crippen molar-refractivity contribution in [1.82, 2.24) is 14.9 Å². The lowest BCUT2D eigenvalue weighted by molar-refractivity contribution is 0.0996. The van der Waals surface area contributed by atoms with Gasteiger partial charge in [0.1, 0.15) is 6.07 Å². The number of amides is 1. The average molecular weight is 400 g/mol. The molecule has 0 spiro atoms. The zero-order valence-electron chi connectivity index (χ0n) is 15.9. The number of nitrogens with two attached hydrogens (primary N) is 1. The van der Waals surface area contributed by atoms with Gasteiger partial charge < -0.3 is 20.9 Å². The lowest BCUT2D eigenvalue weighted by atomic mass is 10.1. The second-order valence-electron chi connectivity index (χ2n) is 6.64. The summed E-state index contributed by atoms with van der Waals surface area (Å²) >= 11 is 6.14. The molecular formula is C19H22ClN7O. The third-order valence-electron chi connectivity index (χ3n) is 4.71. The maximum absolute atomic E-state index is 11.8. The predicted molar refractivity (Wildman–Crippen MR) is 109 cm³/mol. The van der Waals surface area contributed by atoms with Gasteiger partial charge in [0.15, 0.2) is 16.7 Å². The highest BCUT2D eigenvalue weighted by Gasteiger charge is 2.19. The van der Waals surface area contributed by atoms with Crippen LogP contribution in [0.3, 0.4) is 0 Å². The second-order valence-corrected chi connectivity index (χ2v) is 6.99. The Labute approximate surface area is 168 Å². The van der Waals surface area contributed by atoms with Crippen LogP contribution in [0, 0.1) is 11.3 Å². The number of likely N-dealkylation sites (N-methyl/N-ethyl adjacent to an activating group) is 1. The number of anilines is 3. The van der Waals surface area contributed by atoms with E-state index in [1.807, 2.05) is 19.1 Å². The highest BCUT2D eigenvalue weighted by atomic mass is 35.5. The van der Waals surface area contributed by atoms with Gasteiger partial charge in [0, 0.05) is 31.9 Å². The summed E-state index contributed by atoms with van der Waals surface area (Å²) in [7, 11) is 2.09. The van der Waals surface area contributed by atoms with E-state index in [4.69, 9.17) is 17.3 Å². The van der Waals surface area contributed by atoms with Crippen LogP contribution in [0.2, 0.25) is 5.15 Å². The largest absolute Gasteiger partial charge is 0.368 e. The van der Waals surface area contributed by atoms with Crippen LogP contribution in [0.5, 0.6) is 0 Å². The van der Waals surface area contributed by atoms with E-state index >= 15 is 0 Å². The van der Waals surface area contributed by atoms with Gasteiger partial charge in [-0.3, -0.25) is 4.79 Å². The number of carbonyl (C=O) groups excluding carboxylic acids is 1. The standard InChI is InChI=1S/C19H22ClN7O/c1-3-14-17(20)25-19(16(24-14)18(22)28)23-13-4-5-15(12(10-13)11-21)27-8-6-26(2)7-9-27/h4-5,10H,3,6-9H2,1-2H3,(H2,22,28)(H,23,25). The monoisotopic (exact) mass is 399 g/mol. The minimum absolute atomic E-state index is 0.0166. The molecule has 3 rings (SSSR count). The topological polar surface area (TPSA) is 111 Å². The van der Waals surface area contributed by atoms with Crippen molar-refractivity contribution >= 4 is 34.7 Å². The third kappa shape index (κ3) is 4.16. The number of aryl methyl sites for hydroxylation is 1. The molecule has 9 heteroatoms. The maximum Gasteiger partial charge on any atom is 0.271 e. The molecule has 0 atom stereocenters. The molecule has 1 aliphatic heterocycles. The number of piperazine rings is 1. The van der Waals surface area contributed by atoms with Gasteiger partial charge >= 0.3 is 0 Å². The van der Waals surface area contributed by atoms with Gasteiger partial charge in [-0.1, -0.05) is 18.5 Å². The molecule has 1 amide bonds. The summed E-state index contributed by atoms with van der Waals surface area (Å²) in [5.41, 5.74) is 8.00. The van der Waals surface area contributed by atoms with Gasteiger partial charge in [0.2, 0.25) is 0 Å². The summed E-state index contributed by atoms with van der Waals surface area (Å²) in [5.74, 6) is -0.526. The predicted octanol–water partition coefficient (Wildman–Crippen LogP) is 2.16. The van der Waals surface area contributed by atoms with E-state index in [1.54, 1.807) is 6.07 Å². The summed E-state index contributed by atoms with van der Waals surface area (Å²) in [6, 6.07) is 7.70. The fraction of sp³-hybridized carbons (Fsp3) is 0.368. The fourth-order valence-corrected chi connectivity index (χ4v) is 3.36. The van der Waals surface area contributed by atoms with Gasteiger partial charge in [-0.05, 0) is 31.7 Å². The number of carbonyl (C=O) groups is 1. The molecule has 2 heterocycles. The second kappa shape index (κ2) is 8.42. The number of benzene rings is 1. The third-order valence-corrected chi connectivity index (χ3v) is 5.01. The van der Waals surface area contributed by atoms with Gasteiger partial charge in [0.05, 0.1) is 16.9 Å². The maximum atomic E-state index is 11.8. The molecule has 1 fully saturated rings. The first-order chi connectivity index (χ1) is 13.4. The van der Waals surface area contributed by atoms with E-state index in [1.165, 1.54) is 0 Å². The van der Waals surface area contributed by atoms with E-state index < -0.39 is 5.91 Å². The molecule has 3 N–H and O–H groups in total. The quantitative estimate of drug-likeness (QED) is 0.792. The Morgan fingerprint density at radius 1 is 1.32 bits per heavy atom. The van der Waals surface area contributed by atoms with E-state index in [0.29, 0.717) is 23.4 Å². The lowest BCUT2D eigenvalue weighted by Gasteiger charge is -2.34. The van der Waals surface area contributed by atoms with E-state index in [2.05, 4.69) is 38.2 Å². The smallest absolute Gasteiger partial charge is 0.271 e. The van der Waals surface area contributed by atoms with E-state index in [-0.39, 0.29) is 16.7 Å². The van der Waals surface area contributed by atoms with Crippen molar-refractivity contribution < 1.29 is 4.79 Å². The molecule has 146 valence electrons. The Bertz CT molecular complexity index is 933. The Balaban J connectivity index is 1.91. The minimum atomic E-state index is -0.698. The molecule has 28 heavy (non-hydrogen) atoms. The SMILES string of the molecule is CCc1nc(C(N)=O)c(Nc2ccc(N3CCN(C)CC3)c(C#N)c2)nc1Cl. The molecule has 2 aromatic rings. The molecule has 0 saturated carbocycles. The molecule has 1 saturated heterocycles. The van der Waals surface area contributed by atoms with Crippen LogP contribution in [0.15, 0.2) is 18.2 Å². The summed E-state index contributed by atoms with van der Waals surface area (Å²) in [5, 5.41) is 12.8. The van der Waals surface area contributed by atoms with Crippen LogP contribution in [0.25, 0.3) is 0 Å². The number of rotatable bonds is 5. The molecule has 1 aliphatic rings. The Kier molecular flexibility index (Phi) is 5.97. The van der Waals surface area contributed by atoms with Gasteiger partial charge in [-0.2, -0.15) is 5.26 Å². The van der Waals surface area contributed by atoms with Crippen LogP contribution >= 0.6 is 11.6 Å². The first-order valence-corrected chi connectivity index (χ1v) is 9.41. The molecule has 0 bridgehead atoms. The minimum Gasteiger partial charge on any atom is -0.368 e.